The molecule has 23 heavy (non-hydrogen) atoms. The molecule has 0 radical (unpaired) electrons. The Labute approximate surface area is 136 Å². The molecule has 2 aromatic rings. The van der Waals surface area contributed by atoms with Crippen molar-refractivity contribution in [2.24, 2.45) is 0 Å². The number of rotatable bonds is 7. The van der Waals surface area contributed by atoms with Crippen LogP contribution in [0.4, 0.5) is 5.69 Å². The summed E-state index contributed by atoms with van der Waals surface area (Å²) in [5.41, 5.74) is 1.20. The predicted molar refractivity (Wildman–Crippen MR) is 91.7 cm³/mol. The highest BCUT2D eigenvalue weighted by Gasteiger charge is 2.16. The summed E-state index contributed by atoms with van der Waals surface area (Å²) in [7, 11) is -3.61. The topological polar surface area (TPSA) is 75.3 Å². The molecule has 0 aromatic heterocycles. The van der Waals surface area contributed by atoms with Gasteiger partial charge < -0.3 is 5.32 Å². The first-order valence-corrected chi connectivity index (χ1v) is 8.69. The molecule has 2 rings (SSSR count). The van der Waals surface area contributed by atoms with Gasteiger partial charge in [-0.25, -0.2) is 8.42 Å². The van der Waals surface area contributed by atoms with Gasteiger partial charge in [0.1, 0.15) is 0 Å². The van der Waals surface area contributed by atoms with Crippen LogP contribution in [0.5, 0.6) is 0 Å². The Hall–Kier alpha value is -2.60. The Kier molecular flexibility index (Phi) is 5.54. The van der Waals surface area contributed by atoms with Gasteiger partial charge in [-0.15, -0.1) is 6.58 Å². The van der Waals surface area contributed by atoms with Crippen molar-refractivity contribution >= 4 is 21.6 Å². The third kappa shape index (κ3) is 4.96. The molecule has 1 amide bonds. The summed E-state index contributed by atoms with van der Waals surface area (Å²) >= 11 is 0. The minimum atomic E-state index is -3.61. The van der Waals surface area contributed by atoms with Gasteiger partial charge in [-0.2, -0.15) is 0 Å². The van der Waals surface area contributed by atoms with Crippen LogP contribution in [0.1, 0.15) is 15.9 Å². The molecular weight excluding hydrogens is 312 g/mol. The average molecular weight is 330 g/mol. The first-order chi connectivity index (χ1) is 11.0. The summed E-state index contributed by atoms with van der Waals surface area (Å²) in [5.74, 6) is -0.515. The fourth-order valence-electron chi connectivity index (χ4n) is 2.03. The minimum Gasteiger partial charge on any atom is -0.349 e. The summed E-state index contributed by atoms with van der Waals surface area (Å²) < 4.78 is 27.1. The number of anilines is 1. The maximum absolute atomic E-state index is 12.3. The van der Waals surface area contributed by atoms with Crippen LogP contribution >= 0.6 is 0 Å². The number of carbonyl (C=O) groups is 1. The van der Waals surface area contributed by atoms with Gasteiger partial charge >= 0.3 is 0 Å². The number of sulfonamides is 1. The predicted octanol–water partition coefficient (Wildman–Crippen LogP) is 2.54. The van der Waals surface area contributed by atoms with Crippen molar-refractivity contribution < 1.29 is 13.2 Å². The second kappa shape index (κ2) is 7.60. The molecule has 0 atom stereocenters. The highest BCUT2D eigenvalue weighted by molar-refractivity contribution is 7.91. The number of nitrogens with one attached hydrogen (secondary N) is 2. The van der Waals surface area contributed by atoms with E-state index in [0.717, 1.165) is 0 Å². The largest absolute Gasteiger partial charge is 0.349 e. The summed E-state index contributed by atoms with van der Waals surface area (Å²) in [6.07, 6.45) is 1.56. The molecule has 5 nitrogen and oxygen atoms in total. The van der Waals surface area contributed by atoms with Crippen LogP contribution in [0.2, 0.25) is 0 Å². The van der Waals surface area contributed by atoms with Gasteiger partial charge in [0.05, 0.1) is 17.0 Å². The van der Waals surface area contributed by atoms with Gasteiger partial charge in [0, 0.05) is 6.54 Å². The van der Waals surface area contributed by atoms with E-state index in [0.29, 0.717) is 12.1 Å². The first-order valence-electron chi connectivity index (χ1n) is 7.04. The van der Waals surface area contributed by atoms with Crippen LogP contribution in [0.25, 0.3) is 0 Å². The van der Waals surface area contributed by atoms with Gasteiger partial charge in [-0.1, -0.05) is 48.5 Å². The fraction of sp³-hybridized carbons (Fsp3) is 0.118. The smallest absolute Gasteiger partial charge is 0.253 e. The van der Waals surface area contributed by atoms with E-state index in [1.54, 1.807) is 54.6 Å². The van der Waals surface area contributed by atoms with Gasteiger partial charge in [0.25, 0.3) is 5.91 Å². The zero-order chi connectivity index (χ0) is 16.7. The SMILES string of the molecule is C=CCNC(=O)c1ccccc1NS(=O)(=O)Cc1ccccc1. The quantitative estimate of drug-likeness (QED) is 0.766. The van der Waals surface area contributed by atoms with Crippen LogP contribution in [-0.2, 0) is 15.8 Å². The number of para-hydroxylation sites is 1. The normalized spacial score (nSPS) is 10.8. The van der Waals surface area contributed by atoms with Crippen molar-refractivity contribution in [2.45, 2.75) is 5.75 Å². The van der Waals surface area contributed by atoms with Crippen molar-refractivity contribution in [1.82, 2.24) is 5.32 Å². The van der Waals surface area contributed by atoms with E-state index < -0.39 is 10.0 Å². The van der Waals surface area contributed by atoms with E-state index in [1.807, 2.05) is 6.07 Å². The molecule has 0 aliphatic rings. The first kappa shape index (κ1) is 16.8. The van der Waals surface area contributed by atoms with E-state index in [2.05, 4.69) is 16.6 Å². The molecule has 0 unspecified atom stereocenters. The molecule has 0 aliphatic carbocycles. The van der Waals surface area contributed by atoms with Gasteiger partial charge in [-0.05, 0) is 17.7 Å². The summed E-state index contributed by atoms with van der Waals surface area (Å²) in [5, 5.41) is 2.63. The van der Waals surface area contributed by atoms with E-state index in [9.17, 15) is 13.2 Å². The Morgan fingerprint density at radius 2 is 1.70 bits per heavy atom. The highest BCUT2D eigenvalue weighted by atomic mass is 32.2. The van der Waals surface area contributed by atoms with Crippen molar-refractivity contribution in [3.63, 3.8) is 0 Å². The Bertz CT molecular complexity index is 786. The summed E-state index contributed by atoms with van der Waals surface area (Å²) in [6.45, 7) is 3.84. The second-order valence-electron chi connectivity index (χ2n) is 4.89. The molecule has 0 fully saturated rings. The van der Waals surface area contributed by atoms with Crippen molar-refractivity contribution in [2.75, 3.05) is 11.3 Å². The number of amides is 1. The van der Waals surface area contributed by atoms with E-state index in [1.165, 1.54) is 0 Å². The van der Waals surface area contributed by atoms with Crippen LogP contribution < -0.4 is 10.0 Å². The molecule has 2 N–H and O–H groups in total. The Morgan fingerprint density at radius 3 is 2.39 bits per heavy atom. The number of carbonyl (C=O) groups excluding carboxylic acids is 1. The fourth-order valence-corrected chi connectivity index (χ4v) is 3.24. The second-order valence-corrected chi connectivity index (χ2v) is 6.61. The molecule has 0 spiro atoms. The molecule has 0 heterocycles. The maximum Gasteiger partial charge on any atom is 0.253 e. The van der Waals surface area contributed by atoms with E-state index >= 15 is 0 Å². The van der Waals surface area contributed by atoms with Crippen LogP contribution in [0.15, 0.2) is 67.3 Å². The molecular formula is C17H18N2O3S. The lowest BCUT2D eigenvalue weighted by Crippen LogP contribution is -2.25. The molecule has 0 bridgehead atoms. The minimum absolute atomic E-state index is 0.156. The number of hydrogen-bond donors (Lipinski definition) is 2. The molecule has 2 aromatic carbocycles. The summed E-state index contributed by atoms with van der Waals surface area (Å²) in [4.78, 5) is 12.1. The maximum atomic E-state index is 12.3. The van der Waals surface area contributed by atoms with Crippen LogP contribution in [-0.4, -0.2) is 20.9 Å². The zero-order valence-electron chi connectivity index (χ0n) is 12.5. The Balaban J connectivity index is 2.19. The lowest BCUT2D eigenvalue weighted by Gasteiger charge is -2.12. The van der Waals surface area contributed by atoms with Gasteiger partial charge in [0.2, 0.25) is 10.0 Å². The van der Waals surface area contributed by atoms with Crippen molar-refractivity contribution in [3.8, 4) is 0 Å². The number of hydrogen-bond acceptors (Lipinski definition) is 3. The lowest BCUT2D eigenvalue weighted by molar-refractivity contribution is 0.0959. The van der Waals surface area contributed by atoms with Gasteiger partial charge in [0.15, 0.2) is 0 Å². The summed E-state index contributed by atoms with van der Waals surface area (Å²) in [6, 6.07) is 15.3. The molecule has 0 saturated carbocycles. The van der Waals surface area contributed by atoms with Crippen LogP contribution in [0, 0.1) is 0 Å². The molecule has 0 saturated heterocycles. The zero-order valence-corrected chi connectivity index (χ0v) is 13.3. The lowest BCUT2D eigenvalue weighted by atomic mass is 10.1. The molecule has 120 valence electrons. The standard InChI is InChI=1S/C17H18N2O3S/c1-2-12-18-17(20)15-10-6-7-11-16(15)19-23(21,22)13-14-8-4-3-5-9-14/h2-11,19H,1,12-13H2,(H,18,20). The average Bonchev–Trinajstić information content (AvgIpc) is 2.53. The van der Waals surface area contributed by atoms with Crippen LogP contribution in [0.3, 0.4) is 0 Å². The van der Waals surface area contributed by atoms with Crippen molar-refractivity contribution in [3.05, 3.63) is 78.4 Å². The third-order valence-electron chi connectivity index (χ3n) is 3.04. The molecule has 0 aliphatic heterocycles. The molecule has 6 heteroatoms. The monoisotopic (exact) mass is 330 g/mol. The van der Waals surface area contributed by atoms with Gasteiger partial charge in [-0.3, -0.25) is 9.52 Å². The van der Waals surface area contributed by atoms with E-state index in [-0.39, 0.29) is 22.9 Å². The third-order valence-corrected chi connectivity index (χ3v) is 4.29. The van der Waals surface area contributed by atoms with Crippen molar-refractivity contribution in [1.29, 1.82) is 0 Å². The highest BCUT2D eigenvalue weighted by Crippen LogP contribution is 2.18. The van der Waals surface area contributed by atoms with E-state index in [4.69, 9.17) is 0 Å². The Morgan fingerprint density at radius 1 is 1.04 bits per heavy atom. The number of benzene rings is 2.